The van der Waals surface area contributed by atoms with Crippen molar-refractivity contribution in [2.75, 3.05) is 13.2 Å². The quantitative estimate of drug-likeness (QED) is 0.333. The number of aliphatic hydroxyl groups excluding tert-OH is 1. The second-order valence-electron chi connectivity index (χ2n) is 11.0. The zero-order valence-electron chi connectivity index (χ0n) is 20.6. The Bertz CT molecular complexity index is 588. The smallest absolute Gasteiger partial charge is 0.193 e. The maximum Gasteiger partial charge on any atom is 0.193 e. The largest absolute Gasteiger partial charge is 0.408 e. The number of aliphatic hydroxyl groups is 1. The molecule has 0 spiro atoms. The molecule has 1 N–H and O–H groups in total. The molecule has 5 heteroatoms. The molecule has 1 rings (SSSR count). The number of allylic oxidation sites excluding steroid dienone is 2. The van der Waals surface area contributed by atoms with E-state index in [1.54, 1.807) is 0 Å². The Morgan fingerprint density at radius 3 is 2.34 bits per heavy atom. The standard InChI is InChI=1S/C24H46O4Si/c1-18(14-19(2)16-21-17-26-23(7,8)27-21)15-20(3)24(9,12-13-25)28-29(10,11)22(4,5)6/h15,19,21,25H,1,12-14,16-17H2,2-11H3/b20-15+/t19-,21-,24-/m1/s1. The number of ether oxygens (including phenoxy) is 2. The van der Waals surface area contributed by atoms with Gasteiger partial charge in [-0.3, -0.25) is 0 Å². The summed E-state index contributed by atoms with van der Waals surface area (Å²) in [6, 6.07) is 0. The van der Waals surface area contributed by atoms with Crippen molar-refractivity contribution in [3.05, 3.63) is 23.8 Å². The Morgan fingerprint density at radius 2 is 1.90 bits per heavy atom. The third-order valence-electron chi connectivity index (χ3n) is 6.47. The van der Waals surface area contributed by atoms with Crippen molar-refractivity contribution in [3.8, 4) is 0 Å². The molecule has 0 radical (unpaired) electrons. The van der Waals surface area contributed by atoms with Crippen LogP contribution >= 0.6 is 0 Å². The van der Waals surface area contributed by atoms with Crippen LogP contribution in [0.5, 0.6) is 0 Å². The fraction of sp³-hybridized carbons (Fsp3) is 0.833. The van der Waals surface area contributed by atoms with Crippen molar-refractivity contribution >= 4 is 8.32 Å². The highest BCUT2D eigenvalue weighted by Crippen LogP contribution is 2.42. The maximum atomic E-state index is 9.69. The van der Waals surface area contributed by atoms with E-state index in [1.807, 2.05) is 13.8 Å². The Hall–Kier alpha value is -0.463. The lowest BCUT2D eigenvalue weighted by Crippen LogP contribution is -2.49. The average molecular weight is 427 g/mol. The van der Waals surface area contributed by atoms with Gasteiger partial charge in [-0.1, -0.05) is 45.9 Å². The lowest BCUT2D eigenvalue weighted by atomic mass is 9.89. The Balaban J connectivity index is 2.80. The van der Waals surface area contributed by atoms with Crippen molar-refractivity contribution in [1.82, 2.24) is 0 Å². The van der Waals surface area contributed by atoms with Crippen molar-refractivity contribution < 1.29 is 19.0 Å². The van der Waals surface area contributed by atoms with Crippen LogP contribution in [0.15, 0.2) is 23.8 Å². The van der Waals surface area contributed by atoms with Gasteiger partial charge in [0.25, 0.3) is 0 Å². The zero-order valence-corrected chi connectivity index (χ0v) is 21.6. The summed E-state index contributed by atoms with van der Waals surface area (Å²) >= 11 is 0. The van der Waals surface area contributed by atoms with Crippen LogP contribution in [-0.2, 0) is 13.9 Å². The van der Waals surface area contributed by atoms with Gasteiger partial charge < -0.3 is 19.0 Å². The van der Waals surface area contributed by atoms with Crippen LogP contribution in [0.2, 0.25) is 18.1 Å². The molecule has 1 fully saturated rings. The molecule has 4 nitrogen and oxygen atoms in total. The van der Waals surface area contributed by atoms with E-state index in [4.69, 9.17) is 13.9 Å². The van der Waals surface area contributed by atoms with Gasteiger partial charge in [-0.05, 0) is 70.2 Å². The molecule has 0 aliphatic carbocycles. The second kappa shape index (κ2) is 9.78. The van der Waals surface area contributed by atoms with Crippen LogP contribution in [0.4, 0.5) is 0 Å². The fourth-order valence-corrected chi connectivity index (χ4v) is 5.33. The molecule has 29 heavy (non-hydrogen) atoms. The average Bonchev–Trinajstić information content (AvgIpc) is 2.83. The number of hydrogen-bond acceptors (Lipinski definition) is 4. The molecule has 3 atom stereocenters. The molecule has 1 aliphatic rings. The highest BCUT2D eigenvalue weighted by molar-refractivity contribution is 6.74. The molecule has 0 aromatic rings. The Morgan fingerprint density at radius 1 is 1.31 bits per heavy atom. The van der Waals surface area contributed by atoms with E-state index in [0.717, 1.165) is 24.0 Å². The zero-order chi connectivity index (χ0) is 22.7. The lowest BCUT2D eigenvalue weighted by Gasteiger charge is -2.45. The van der Waals surface area contributed by atoms with Crippen LogP contribution in [0.1, 0.15) is 74.7 Å². The first-order valence-corrected chi connectivity index (χ1v) is 13.9. The van der Waals surface area contributed by atoms with Crippen molar-refractivity contribution in [1.29, 1.82) is 0 Å². The van der Waals surface area contributed by atoms with Gasteiger partial charge in [-0.2, -0.15) is 0 Å². The van der Waals surface area contributed by atoms with E-state index in [1.165, 1.54) is 0 Å². The molecule has 0 amide bonds. The highest BCUT2D eigenvalue weighted by Gasteiger charge is 2.43. The molecule has 1 saturated heterocycles. The molecule has 0 aromatic heterocycles. The van der Waals surface area contributed by atoms with Crippen LogP contribution in [0.3, 0.4) is 0 Å². The van der Waals surface area contributed by atoms with Gasteiger partial charge in [0.05, 0.1) is 18.3 Å². The lowest BCUT2D eigenvalue weighted by molar-refractivity contribution is -0.139. The SMILES string of the molecule is C=C(/C=C(\C)[C@@](C)(CCO)O[Si](C)(C)C(C)(C)C)C[C@@H](C)C[C@@H]1COC(C)(C)O1. The summed E-state index contributed by atoms with van der Waals surface area (Å²) in [5.41, 5.74) is 1.75. The molecule has 1 aliphatic heterocycles. The summed E-state index contributed by atoms with van der Waals surface area (Å²) in [7, 11) is -1.97. The molecule has 0 aromatic carbocycles. The minimum atomic E-state index is -1.97. The van der Waals surface area contributed by atoms with E-state index in [2.05, 4.69) is 67.3 Å². The summed E-state index contributed by atoms with van der Waals surface area (Å²) in [5, 5.41) is 9.81. The van der Waals surface area contributed by atoms with Gasteiger partial charge in [-0.25, -0.2) is 0 Å². The van der Waals surface area contributed by atoms with Crippen LogP contribution in [0, 0.1) is 5.92 Å². The van der Waals surface area contributed by atoms with Gasteiger partial charge in [0, 0.05) is 13.0 Å². The monoisotopic (exact) mass is 426 g/mol. The maximum absolute atomic E-state index is 9.69. The summed E-state index contributed by atoms with van der Waals surface area (Å²) in [5.74, 6) is -0.00935. The Kier molecular flexibility index (Phi) is 8.96. The first kappa shape index (κ1) is 26.6. The fourth-order valence-electron chi connectivity index (χ4n) is 3.63. The van der Waals surface area contributed by atoms with Crippen LogP contribution in [-0.4, -0.2) is 44.1 Å². The summed E-state index contributed by atoms with van der Waals surface area (Å²) in [6.45, 7) is 26.7. The molecule has 1 heterocycles. The van der Waals surface area contributed by atoms with E-state index in [0.29, 0.717) is 18.9 Å². The molecule has 0 unspecified atom stereocenters. The van der Waals surface area contributed by atoms with Gasteiger partial charge >= 0.3 is 0 Å². The van der Waals surface area contributed by atoms with E-state index in [9.17, 15) is 5.11 Å². The van der Waals surface area contributed by atoms with Gasteiger partial charge in [0.1, 0.15) is 0 Å². The van der Waals surface area contributed by atoms with Crippen molar-refractivity contribution in [3.63, 3.8) is 0 Å². The minimum Gasteiger partial charge on any atom is -0.408 e. The second-order valence-corrected chi connectivity index (χ2v) is 15.8. The van der Waals surface area contributed by atoms with Gasteiger partial charge in [0.15, 0.2) is 14.1 Å². The Labute approximate surface area is 180 Å². The number of rotatable bonds is 10. The third-order valence-corrected chi connectivity index (χ3v) is 11.0. The summed E-state index contributed by atoms with van der Waals surface area (Å²) < 4.78 is 18.4. The third kappa shape index (κ3) is 7.95. The van der Waals surface area contributed by atoms with Crippen molar-refractivity contribution in [2.24, 2.45) is 5.92 Å². The first-order chi connectivity index (χ1) is 13.0. The van der Waals surface area contributed by atoms with Gasteiger partial charge in [-0.15, -0.1) is 0 Å². The minimum absolute atomic E-state index is 0.105. The number of hydrogen-bond donors (Lipinski definition) is 1. The van der Waals surface area contributed by atoms with E-state index in [-0.39, 0.29) is 17.7 Å². The molecular weight excluding hydrogens is 380 g/mol. The van der Waals surface area contributed by atoms with E-state index < -0.39 is 19.7 Å². The normalized spacial score (nSPS) is 23.7. The summed E-state index contributed by atoms with van der Waals surface area (Å²) in [6.07, 6.45) is 4.78. The predicted octanol–water partition coefficient (Wildman–Crippen LogP) is 6.22. The topological polar surface area (TPSA) is 47.9 Å². The van der Waals surface area contributed by atoms with Crippen LogP contribution in [0.25, 0.3) is 0 Å². The highest BCUT2D eigenvalue weighted by atomic mass is 28.4. The van der Waals surface area contributed by atoms with Gasteiger partial charge in [0.2, 0.25) is 0 Å². The first-order valence-electron chi connectivity index (χ1n) is 11.0. The molecule has 0 bridgehead atoms. The molecular formula is C24H46O4Si. The molecule has 170 valence electrons. The molecule has 0 saturated carbocycles. The predicted molar refractivity (Wildman–Crippen MR) is 125 cm³/mol. The summed E-state index contributed by atoms with van der Waals surface area (Å²) in [4.78, 5) is 0. The van der Waals surface area contributed by atoms with Crippen LogP contribution < -0.4 is 0 Å². The van der Waals surface area contributed by atoms with Crippen molar-refractivity contribution in [2.45, 2.75) is 110 Å². The van der Waals surface area contributed by atoms with E-state index >= 15 is 0 Å².